The number of amides is 2. The van der Waals surface area contributed by atoms with Crippen molar-refractivity contribution >= 4 is 17.4 Å². The van der Waals surface area contributed by atoms with Crippen molar-refractivity contribution in [1.29, 1.82) is 0 Å². The summed E-state index contributed by atoms with van der Waals surface area (Å²) in [5.41, 5.74) is 2.16. The average Bonchev–Trinajstić information content (AvgIpc) is 2.60. The van der Waals surface area contributed by atoms with Crippen molar-refractivity contribution in [2.24, 2.45) is 0 Å². The summed E-state index contributed by atoms with van der Waals surface area (Å²) >= 11 is 0. The molecule has 6 nitrogen and oxygen atoms in total. The number of rotatable bonds is 4. The Kier molecular flexibility index (Phi) is 5.80. The molecule has 0 spiro atoms. The SMILES string of the molecule is Cc1ccc(NC(=O)Nc2cccc(CN3CCN[C@@H](C)C3)c2F)cn1. The van der Waals surface area contributed by atoms with E-state index in [2.05, 4.69) is 32.8 Å². The van der Waals surface area contributed by atoms with Crippen LogP contribution in [0.25, 0.3) is 0 Å². The van der Waals surface area contributed by atoms with Gasteiger partial charge in [-0.3, -0.25) is 9.88 Å². The lowest BCUT2D eigenvalue weighted by Gasteiger charge is -2.32. The zero-order valence-electron chi connectivity index (χ0n) is 15.1. The summed E-state index contributed by atoms with van der Waals surface area (Å²) in [6.07, 6.45) is 1.56. The van der Waals surface area contributed by atoms with Crippen LogP contribution in [-0.4, -0.2) is 41.6 Å². The predicted molar refractivity (Wildman–Crippen MR) is 101 cm³/mol. The Bertz CT molecular complexity index is 765. The Morgan fingerprint density at radius 1 is 1.35 bits per heavy atom. The average molecular weight is 357 g/mol. The van der Waals surface area contributed by atoms with E-state index < -0.39 is 11.8 Å². The number of anilines is 2. The number of carbonyl (C=O) groups excluding carboxylic acids is 1. The molecule has 138 valence electrons. The van der Waals surface area contributed by atoms with E-state index in [1.54, 1.807) is 36.5 Å². The molecule has 0 aliphatic carbocycles. The molecule has 0 bridgehead atoms. The third-order valence-corrected chi connectivity index (χ3v) is 4.34. The molecule has 2 aromatic rings. The molecule has 0 radical (unpaired) electrons. The molecule has 3 N–H and O–H groups in total. The van der Waals surface area contributed by atoms with E-state index in [1.807, 2.05) is 6.92 Å². The number of nitrogens with one attached hydrogen (secondary N) is 3. The largest absolute Gasteiger partial charge is 0.323 e. The Hall–Kier alpha value is -2.51. The highest BCUT2D eigenvalue weighted by Gasteiger charge is 2.18. The van der Waals surface area contributed by atoms with Crippen LogP contribution < -0.4 is 16.0 Å². The van der Waals surface area contributed by atoms with Crippen molar-refractivity contribution in [2.45, 2.75) is 26.4 Å². The van der Waals surface area contributed by atoms with Crippen LogP contribution in [0.4, 0.5) is 20.6 Å². The summed E-state index contributed by atoms with van der Waals surface area (Å²) in [6.45, 7) is 7.15. The lowest BCUT2D eigenvalue weighted by atomic mass is 10.1. The first-order valence-electron chi connectivity index (χ1n) is 8.75. The van der Waals surface area contributed by atoms with Crippen LogP contribution in [0, 0.1) is 12.7 Å². The Balaban J connectivity index is 1.64. The van der Waals surface area contributed by atoms with Crippen LogP contribution in [0.2, 0.25) is 0 Å². The van der Waals surface area contributed by atoms with Gasteiger partial charge >= 0.3 is 6.03 Å². The zero-order chi connectivity index (χ0) is 18.5. The second-order valence-electron chi connectivity index (χ2n) is 6.64. The number of hydrogen-bond acceptors (Lipinski definition) is 4. The molecular weight excluding hydrogens is 333 g/mol. The standard InChI is InChI=1S/C19H24FN5O/c1-13-6-7-16(10-22-13)23-19(26)24-17-5-3-4-15(18(17)20)12-25-9-8-21-14(2)11-25/h3-7,10,14,21H,8-9,11-12H2,1-2H3,(H2,23,24,26)/t14-/m0/s1. The van der Waals surface area contributed by atoms with Gasteiger partial charge in [0, 0.05) is 43.5 Å². The van der Waals surface area contributed by atoms with E-state index in [1.165, 1.54) is 0 Å². The number of pyridine rings is 1. The number of hydrogen-bond donors (Lipinski definition) is 3. The fourth-order valence-corrected chi connectivity index (χ4v) is 3.02. The number of aryl methyl sites for hydroxylation is 1. The molecule has 1 fully saturated rings. The molecule has 1 saturated heterocycles. The maximum atomic E-state index is 14.8. The maximum Gasteiger partial charge on any atom is 0.323 e. The number of halogens is 1. The number of nitrogens with zero attached hydrogens (tertiary/aromatic N) is 2. The van der Waals surface area contributed by atoms with Crippen molar-refractivity contribution < 1.29 is 9.18 Å². The van der Waals surface area contributed by atoms with Gasteiger partial charge in [0.2, 0.25) is 0 Å². The fraction of sp³-hybridized carbons (Fsp3) is 0.368. The molecule has 0 unspecified atom stereocenters. The fourth-order valence-electron chi connectivity index (χ4n) is 3.02. The summed E-state index contributed by atoms with van der Waals surface area (Å²) < 4.78 is 14.8. The topological polar surface area (TPSA) is 69.3 Å². The molecular formula is C19H24FN5O. The summed E-state index contributed by atoms with van der Waals surface area (Å²) in [7, 11) is 0. The Morgan fingerprint density at radius 3 is 2.92 bits per heavy atom. The Morgan fingerprint density at radius 2 is 2.19 bits per heavy atom. The molecule has 1 aromatic carbocycles. The van der Waals surface area contributed by atoms with Crippen LogP contribution in [0.3, 0.4) is 0 Å². The predicted octanol–water partition coefficient (Wildman–Crippen LogP) is 2.97. The highest BCUT2D eigenvalue weighted by atomic mass is 19.1. The molecule has 3 rings (SSSR count). The molecule has 1 aromatic heterocycles. The third-order valence-electron chi connectivity index (χ3n) is 4.34. The molecule has 0 saturated carbocycles. The van der Waals surface area contributed by atoms with Crippen LogP contribution in [0.1, 0.15) is 18.2 Å². The lowest BCUT2D eigenvalue weighted by molar-refractivity contribution is 0.197. The summed E-state index contributed by atoms with van der Waals surface area (Å²) in [5.74, 6) is -0.393. The minimum atomic E-state index is -0.498. The van der Waals surface area contributed by atoms with E-state index in [4.69, 9.17) is 0 Å². The second kappa shape index (κ2) is 8.25. The molecule has 7 heteroatoms. The van der Waals surface area contributed by atoms with E-state index >= 15 is 0 Å². The van der Waals surface area contributed by atoms with E-state index in [0.717, 1.165) is 25.3 Å². The Labute approximate surface area is 152 Å². The van der Waals surface area contributed by atoms with Gasteiger partial charge in [0.25, 0.3) is 0 Å². The smallest absolute Gasteiger partial charge is 0.312 e. The number of piperazine rings is 1. The number of aromatic nitrogens is 1. The van der Waals surface area contributed by atoms with Gasteiger partial charge in [-0.25, -0.2) is 9.18 Å². The first-order valence-corrected chi connectivity index (χ1v) is 8.75. The van der Waals surface area contributed by atoms with Gasteiger partial charge in [-0.2, -0.15) is 0 Å². The highest BCUT2D eigenvalue weighted by molar-refractivity contribution is 5.99. The molecule has 1 aliphatic rings. The molecule has 1 aliphatic heterocycles. The summed E-state index contributed by atoms with van der Waals surface area (Å²) in [4.78, 5) is 18.5. The zero-order valence-corrected chi connectivity index (χ0v) is 15.1. The monoisotopic (exact) mass is 357 g/mol. The summed E-state index contributed by atoms with van der Waals surface area (Å²) in [6, 6.07) is 8.52. The second-order valence-corrected chi connectivity index (χ2v) is 6.64. The maximum absolute atomic E-state index is 14.8. The first-order chi connectivity index (χ1) is 12.5. The third kappa shape index (κ3) is 4.77. The van der Waals surface area contributed by atoms with E-state index in [0.29, 0.717) is 23.8 Å². The minimum Gasteiger partial charge on any atom is -0.312 e. The van der Waals surface area contributed by atoms with Crippen LogP contribution in [-0.2, 0) is 6.54 Å². The number of carbonyl (C=O) groups is 1. The van der Waals surface area contributed by atoms with Crippen molar-refractivity contribution in [2.75, 3.05) is 30.3 Å². The molecule has 2 heterocycles. The van der Waals surface area contributed by atoms with Crippen LogP contribution in [0.15, 0.2) is 36.5 Å². The minimum absolute atomic E-state index is 0.170. The van der Waals surface area contributed by atoms with Gasteiger partial charge in [-0.15, -0.1) is 0 Å². The van der Waals surface area contributed by atoms with Crippen molar-refractivity contribution in [3.05, 3.63) is 53.6 Å². The van der Waals surface area contributed by atoms with Crippen molar-refractivity contribution in [1.82, 2.24) is 15.2 Å². The van der Waals surface area contributed by atoms with E-state index in [-0.39, 0.29) is 5.69 Å². The number of benzene rings is 1. The summed E-state index contributed by atoms with van der Waals surface area (Å²) in [5, 5.41) is 8.60. The molecule has 2 amide bonds. The highest BCUT2D eigenvalue weighted by Crippen LogP contribution is 2.20. The molecule has 26 heavy (non-hydrogen) atoms. The van der Waals surface area contributed by atoms with Crippen molar-refractivity contribution in [3.63, 3.8) is 0 Å². The van der Waals surface area contributed by atoms with Gasteiger partial charge < -0.3 is 16.0 Å². The quantitative estimate of drug-likeness (QED) is 0.787. The van der Waals surface area contributed by atoms with E-state index in [9.17, 15) is 9.18 Å². The first kappa shape index (κ1) is 18.3. The molecule has 1 atom stereocenters. The van der Waals surface area contributed by atoms with Gasteiger partial charge in [0.1, 0.15) is 0 Å². The van der Waals surface area contributed by atoms with Gasteiger partial charge in [0.15, 0.2) is 5.82 Å². The van der Waals surface area contributed by atoms with Crippen LogP contribution in [0.5, 0.6) is 0 Å². The number of urea groups is 1. The normalized spacial score (nSPS) is 17.7. The van der Waals surface area contributed by atoms with Gasteiger partial charge in [-0.1, -0.05) is 12.1 Å². The lowest BCUT2D eigenvalue weighted by Crippen LogP contribution is -2.48. The van der Waals surface area contributed by atoms with Gasteiger partial charge in [0.05, 0.1) is 17.6 Å². The van der Waals surface area contributed by atoms with Crippen LogP contribution >= 0.6 is 0 Å². The van der Waals surface area contributed by atoms with Gasteiger partial charge in [-0.05, 0) is 32.0 Å². The van der Waals surface area contributed by atoms with Crippen molar-refractivity contribution in [3.8, 4) is 0 Å².